The van der Waals surface area contributed by atoms with Gasteiger partial charge in [0.15, 0.2) is 0 Å². The summed E-state index contributed by atoms with van der Waals surface area (Å²) in [6, 6.07) is 11.5. The van der Waals surface area contributed by atoms with Crippen LogP contribution in [0.3, 0.4) is 0 Å². The number of phenols is 1. The maximum Gasteiger partial charge on any atom is 0.248 e. The van der Waals surface area contributed by atoms with Crippen LogP contribution in [0.25, 0.3) is 6.08 Å². The van der Waals surface area contributed by atoms with E-state index in [4.69, 9.17) is 16.3 Å². The van der Waals surface area contributed by atoms with E-state index in [-0.39, 0.29) is 11.7 Å². The van der Waals surface area contributed by atoms with Gasteiger partial charge in [0, 0.05) is 28.4 Å². The van der Waals surface area contributed by atoms with Crippen LogP contribution in [0.2, 0.25) is 5.02 Å². The van der Waals surface area contributed by atoms with Gasteiger partial charge in [-0.25, -0.2) is 0 Å². The molecule has 0 aliphatic rings. The largest absolute Gasteiger partial charge is 0.508 e. The smallest absolute Gasteiger partial charge is 0.248 e. The normalized spacial score (nSPS) is 10.6. The Labute approximate surface area is 127 Å². The number of amides is 1. The number of phenolic OH excluding ortho intramolecular Hbond substituents is 1. The summed E-state index contributed by atoms with van der Waals surface area (Å²) in [4.78, 5) is 11.8. The number of benzene rings is 2. The van der Waals surface area contributed by atoms with Crippen molar-refractivity contribution in [2.24, 2.45) is 0 Å². The lowest BCUT2D eigenvalue weighted by atomic mass is 10.2. The second kappa shape index (κ2) is 6.81. The third kappa shape index (κ3) is 4.26. The molecule has 0 atom stereocenters. The van der Waals surface area contributed by atoms with Crippen LogP contribution in [-0.2, 0) is 4.79 Å². The number of carbonyl (C=O) groups excluding carboxylic acids is 1. The van der Waals surface area contributed by atoms with Crippen molar-refractivity contribution in [2.45, 2.75) is 0 Å². The zero-order valence-electron chi connectivity index (χ0n) is 11.3. The van der Waals surface area contributed by atoms with Gasteiger partial charge < -0.3 is 15.2 Å². The Morgan fingerprint density at radius 3 is 2.81 bits per heavy atom. The molecule has 2 aromatic carbocycles. The van der Waals surface area contributed by atoms with Crippen molar-refractivity contribution in [1.29, 1.82) is 0 Å². The van der Waals surface area contributed by atoms with Crippen molar-refractivity contribution in [3.63, 3.8) is 0 Å². The Kier molecular flexibility index (Phi) is 4.85. The lowest BCUT2D eigenvalue weighted by Crippen LogP contribution is -2.07. The molecule has 2 rings (SSSR count). The number of nitrogens with one attached hydrogen (secondary N) is 1. The van der Waals surface area contributed by atoms with E-state index in [1.807, 2.05) is 0 Å². The average molecular weight is 304 g/mol. The minimum Gasteiger partial charge on any atom is -0.508 e. The first-order valence-electron chi connectivity index (χ1n) is 6.20. The van der Waals surface area contributed by atoms with Gasteiger partial charge in [-0.3, -0.25) is 4.79 Å². The van der Waals surface area contributed by atoms with E-state index in [1.54, 1.807) is 43.5 Å². The molecule has 0 fully saturated rings. The zero-order chi connectivity index (χ0) is 15.2. The van der Waals surface area contributed by atoms with E-state index >= 15 is 0 Å². The van der Waals surface area contributed by atoms with Crippen LogP contribution in [0.15, 0.2) is 48.5 Å². The number of hydrogen-bond acceptors (Lipinski definition) is 3. The number of ether oxygens (including phenoxy) is 1. The molecule has 0 aliphatic heterocycles. The van der Waals surface area contributed by atoms with Crippen LogP contribution < -0.4 is 10.1 Å². The second-order valence-electron chi connectivity index (χ2n) is 4.26. The first-order valence-corrected chi connectivity index (χ1v) is 6.58. The van der Waals surface area contributed by atoms with Gasteiger partial charge in [-0.05, 0) is 36.4 Å². The van der Waals surface area contributed by atoms with Crippen LogP contribution in [-0.4, -0.2) is 18.1 Å². The van der Waals surface area contributed by atoms with E-state index in [0.29, 0.717) is 22.0 Å². The minimum atomic E-state index is -0.317. The van der Waals surface area contributed by atoms with E-state index in [2.05, 4.69) is 5.32 Å². The van der Waals surface area contributed by atoms with Crippen LogP contribution in [0.1, 0.15) is 5.56 Å². The lowest BCUT2D eigenvalue weighted by Gasteiger charge is -2.05. The molecule has 4 nitrogen and oxygen atoms in total. The van der Waals surface area contributed by atoms with Crippen molar-refractivity contribution in [3.05, 3.63) is 59.1 Å². The van der Waals surface area contributed by atoms with Crippen LogP contribution in [0.5, 0.6) is 11.5 Å². The van der Waals surface area contributed by atoms with Crippen molar-refractivity contribution in [2.75, 3.05) is 12.4 Å². The number of rotatable bonds is 4. The van der Waals surface area contributed by atoms with Gasteiger partial charge in [0.05, 0.1) is 7.11 Å². The number of methoxy groups -OCH3 is 1. The standard InChI is InChI=1S/C16H14ClNO3/c1-21-15-7-6-12(17)9-11(15)5-8-16(20)18-13-3-2-4-14(19)10-13/h2-10,19H,1H3,(H,18,20)/b8-5+. The van der Waals surface area contributed by atoms with Crippen LogP contribution in [0, 0.1) is 0 Å². The number of carbonyl (C=O) groups is 1. The van der Waals surface area contributed by atoms with Crippen molar-refractivity contribution >= 4 is 29.3 Å². The second-order valence-corrected chi connectivity index (χ2v) is 4.70. The molecular formula is C16H14ClNO3. The molecule has 0 spiro atoms. The van der Waals surface area contributed by atoms with Gasteiger partial charge in [0.2, 0.25) is 5.91 Å². The molecule has 0 bridgehead atoms. The lowest BCUT2D eigenvalue weighted by molar-refractivity contribution is -0.111. The summed E-state index contributed by atoms with van der Waals surface area (Å²) < 4.78 is 5.19. The SMILES string of the molecule is COc1ccc(Cl)cc1/C=C/C(=O)Nc1cccc(O)c1. The number of aromatic hydroxyl groups is 1. The Balaban J connectivity index is 2.10. The molecule has 2 N–H and O–H groups in total. The maximum atomic E-state index is 11.8. The molecule has 0 heterocycles. The fourth-order valence-electron chi connectivity index (χ4n) is 1.77. The molecule has 5 heteroatoms. The van der Waals surface area contributed by atoms with E-state index in [1.165, 1.54) is 18.2 Å². The first-order chi connectivity index (χ1) is 10.1. The highest BCUT2D eigenvalue weighted by Crippen LogP contribution is 2.24. The number of anilines is 1. The van der Waals surface area contributed by atoms with Gasteiger partial charge in [0.1, 0.15) is 11.5 Å². The van der Waals surface area contributed by atoms with E-state index < -0.39 is 0 Å². The summed E-state index contributed by atoms with van der Waals surface area (Å²) in [5.41, 5.74) is 1.22. The summed E-state index contributed by atoms with van der Waals surface area (Å²) in [7, 11) is 1.55. The molecular weight excluding hydrogens is 290 g/mol. The number of hydrogen-bond donors (Lipinski definition) is 2. The first kappa shape index (κ1) is 14.9. The van der Waals surface area contributed by atoms with Crippen LogP contribution in [0.4, 0.5) is 5.69 Å². The minimum absolute atomic E-state index is 0.0910. The molecule has 0 aromatic heterocycles. The molecule has 2 aromatic rings. The summed E-state index contributed by atoms with van der Waals surface area (Å²) >= 11 is 5.92. The maximum absolute atomic E-state index is 11.8. The van der Waals surface area contributed by atoms with Gasteiger partial charge in [-0.15, -0.1) is 0 Å². The van der Waals surface area contributed by atoms with Gasteiger partial charge in [0.25, 0.3) is 0 Å². The third-order valence-electron chi connectivity index (χ3n) is 2.72. The number of halogens is 1. The quantitative estimate of drug-likeness (QED) is 0.847. The molecule has 0 aliphatic carbocycles. The average Bonchev–Trinajstić information content (AvgIpc) is 2.45. The predicted molar refractivity (Wildman–Crippen MR) is 83.8 cm³/mol. The Bertz CT molecular complexity index is 683. The zero-order valence-corrected chi connectivity index (χ0v) is 12.1. The fourth-order valence-corrected chi connectivity index (χ4v) is 1.95. The van der Waals surface area contributed by atoms with Crippen molar-refractivity contribution in [1.82, 2.24) is 0 Å². The van der Waals surface area contributed by atoms with Gasteiger partial charge in [-0.2, -0.15) is 0 Å². The summed E-state index contributed by atoms with van der Waals surface area (Å²) in [6.07, 6.45) is 2.99. The van der Waals surface area contributed by atoms with E-state index in [9.17, 15) is 9.90 Å². The Morgan fingerprint density at radius 2 is 2.10 bits per heavy atom. The molecule has 0 unspecified atom stereocenters. The highest BCUT2D eigenvalue weighted by Gasteiger charge is 2.02. The monoisotopic (exact) mass is 303 g/mol. The topological polar surface area (TPSA) is 58.6 Å². The highest BCUT2D eigenvalue weighted by atomic mass is 35.5. The molecule has 0 saturated heterocycles. The summed E-state index contributed by atoms with van der Waals surface area (Å²) in [6.45, 7) is 0. The van der Waals surface area contributed by atoms with Crippen molar-refractivity contribution < 1.29 is 14.6 Å². The molecule has 1 amide bonds. The predicted octanol–water partition coefficient (Wildman–Crippen LogP) is 3.71. The molecule has 108 valence electrons. The third-order valence-corrected chi connectivity index (χ3v) is 2.95. The van der Waals surface area contributed by atoms with Gasteiger partial charge >= 0.3 is 0 Å². The Morgan fingerprint density at radius 1 is 1.29 bits per heavy atom. The fraction of sp³-hybridized carbons (Fsp3) is 0.0625. The molecule has 0 saturated carbocycles. The van der Waals surface area contributed by atoms with E-state index in [0.717, 1.165) is 0 Å². The molecule has 21 heavy (non-hydrogen) atoms. The van der Waals surface area contributed by atoms with Crippen molar-refractivity contribution in [3.8, 4) is 11.5 Å². The van der Waals surface area contributed by atoms with Gasteiger partial charge in [-0.1, -0.05) is 17.7 Å². The van der Waals surface area contributed by atoms with Crippen LogP contribution >= 0.6 is 11.6 Å². The highest BCUT2D eigenvalue weighted by molar-refractivity contribution is 6.30. The summed E-state index contributed by atoms with van der Waals surface area (Å²) in [5.74, 6) is 0.400. The molecule has 0 radical (unpaired) electrons. The Hall–Kier alpha value is -2.46. The summed E-state index contributed by atoms with van der Waals surface area (Å²) in [5, 5.41) is 12.5.